The van der Waals surface area contributed by atoms with Gasteiger partial charge in [0.1, 0.15) is 0 Å². The molecule has 0 fully saturated rings. The van der Waals surface area contributed by atoms with Gasteiger partial charge < -0.3 is 19.6 Å². The molecule has 0 saturated heterocycles. The van der Waals surface area contributed by atoms with E-state index >= 15 is 0 Å². The zero-order chi connectivity index (χ0) is 83.7. The Kier molecular flexibility index (Phi) is 33.2. The van der Waals surface area contributed by atoms with Crippen molar-refractivity contribution in [1.82, 2.24) is 0 Å². The Labute approximate surface area is 726 Å². The summed E-state index contributed by atoms with van der Waals surface area (Å²) < 4.78 is 0. The van der Waals surface area contributed by atoms with Gasteiger partial charge in [-0.15, -0.1) is 0 Å². The molecule has 0 N–H and O–H groups in total. The third-order valence-electron chi connectivity index (χ3n) is 27.6. The summed E-state index contributed by atoms with van der Waals surface area (Å²) in [5.74, 6) is 1.11. The molecular weight excluding hydrogens is 1450 g/mol. The van der Waals surface area contributed by atoms with Gasteiger partial charge in [0.2, 0.25) is 0 Å². The van der Waals surface area contributed by atoms with E-state index in [2.05, 4.69) is 298 Å². The van der Waals surface area contributed by atoms with Gasteiger partial charge in [0.15, 0.2) is 0 Å². The first kappa shape index (κ1) is 88.9. The predicted octanol–water partition coefficient (Wildman–Crippen LogP) is 35.7. The van der Waals surface area contributed by atoms with E-state index < -0.39 is 0 Å². The number of rotatable bonds is 50. The summed E-state index contributed by atoms with van der Waals surface area (Å²) >= 11 is 0. The average molecular weight is 1600 g/mol. The minimum absolute atomic E-state index is 0.553. The fourth-order valence-electron chi connectivity index (χ4n) is 20.2. The second-order valence-corrected chi connectivity index (χ2v) is 37.4. The molecule has 0 aromatic heterocycles. The lowest BCUT2D eigenvalue weighted by atomic mass is 9.83. The lowest BCUT2D eigenvalue weighted by Gasteiger charge is -2.21. The average Bonchev–Trinajstić information content (AvgIpc) is 0.723. The number of nitrogens with zero attached hydrogens (tertiary/aromatic N) is 4. The van der Waals surface area contributed by atoms with Crippen molar-refractivity contribution in [2.24, 2.45) is 0 Å². The van der Waals surface area contributed by atoms with Crippen molar-refractivity contribution >= 4 is 109 Å². The molecule has 0 spiro atoms. The number of hydrogen-bond acceptors (Lipinski definition) is 4. The SMILES string of the molecule is CCCCCCCCCCCC(CCCCCCCCCCC)c1ccc2c(c1)cc(-c1ccc(N(C)C)cc1)c1cc3c(cc12)c(-c1ccc(N(C)C)cc1)cc1c3ccc2c3cc4c(-c5ccc(N(C)C)cc5)cc5cc(C(CCCCCCCCCCC)CCCCCCCCCCC)ccc5c4cc3c(-c3ccc(N(C)C)cc3)cc21. The summed E-state index contributed by atoms with van der Waals surface area (Å²) in [5, 5.41) is 20.9. The van der Waals surface area contributed by atoms with Crippen molar-refractivity contribution in [2.45, 2.75) is 296 Å². The van der Waals surface area contributed by atoms with Gasteiger partial charge in [0.25, 0.3) is 0 Å². The van der Waals surface area contributed by atoms with Crippen molar-refractivity contribution in [3.8, 4) is 44.5 Å². The zero-order valence-electron chi connectivity index (χ0n) is 76.7. The predicted molar refractivity (Wildman–Crippen MR) is 538 cm³/mol. The number of unbranched alkanes of at least 4 members (excludes halogenated alkanes) is 32. The van der Waals surface area contributed by atoms with E-state index in [1.165, 1.54) is 421 Å². The van der Waals surface area contributed by atoms with Crippen LogP contribution in [0.5, 0.6) is 0 Å². The molecule has 4 heteroatoms. The smallest absolute Gasteiger partial charge is 0.0361 e. The Morgan fingerprint density at radius 1 is 0.175 bits per heavy atom. The van der Waals surface area contributed by atoms with E-state index in [9.17, 15) is 0 Å². The highest BCUT2D eigenvalue weighted by molar-refractivity contribution is 6.31. The van der Waals surface area contributed by atoms with Crippen LogP contribution in [0.25, 0.3) is 131 Å². The first-order valence-electron chi connectivity index (χ1n) is 48.6. The lowest BCUT2D eigenvalue weighted by molar-refractivity contribution is 0.482. The molecule has 0 radical (unpaired) electrons. The molecule has 120 heavy (non-hydrogen) atoms. The van der Waals surface area contributed by atoms with Crippen LogP contribution in [0.2, 0.25) is 0 Å². The molecule has 0 heterocycles. The van der Waals surface area contributed by atoms with Gasteiger partial charge in [0, 0.05) is 79.1 Å². The quantitative estimate of drug-likeness (QED) is 0.0214. The first-order valence-corrected chi connectivity index (χ1v) is 48.6. The van der Waals surface area contributed by atoms with E-state index in [0.717, 1.165) is 0 Å². The summed E-state index contributed by atoms with van der Waals surface area (Å²) in [6.07, 6.45) is 54.2. The Bertz CT molecular complexity index is 5010. The van der Waals surface area contributed by atoms with Gasteiger partial charge in [-0.3, -0.25) is 0 Å². The molecule has 0 amide bonds. The zero-order valence-corrected chi connectivity index (χ0v) is 76.7. The van der Waals surface area contributed by atoms with Crippen LogP contribution in [-0.4, -0.2) is 56.4 Å². The van der Waals surface area contributed by atoms with Crippen LogP contribution in [-0.2, 0) is 0 Å². The minimum Gasteiger partial charge on any atom is -0.378 e. The van der Waals surface area contributed by atoms with Crippen LogP contribution in [0.15, 0.2) is 194 Å². The molecule has 0 atom stereocenters. The maximum atomic E-state index is 2.65. The standard InChI is InChI=1S/C116H150N4/c1-13-17-21-25-29-33-37-41-45-49-85(50-46-42-38-34-30-26-22-18-14-2)91-61-71-99-93(75-91)77-103(87-53-63-95(64-54-87)117(5)6)113-83-111-101-73-74-102-110(109(101)79-105(115(111)81-107(99)113)89-57-67-97(68-58-89)119(9)10)80-106(90-59-69-98(70-60-90)120(11)12)116-82-108-100-72-62-92(76-94(100)78-104(114(108)84-112(102)116)88-55-65-96(66-56-88)118(7)8)86(51-47-43-39-35-31-27-23-19-15-3)52-48-44-40-36-32-28-24-20-16-4/h53-86H,13-52H2,1-12H3. The molecule has 0 aliphatic carbocycles. The van der Waals surface area contributed by atoms with Gasteiger partial charge in [-0.25, -0.2) is 0 Å². The van der Waals surface area contributed by atoms with Gasteiger partial charge in [-0.05, 0) is 276 Å². The normalized spacial score (nSPS) is 12.0. The maximum Gasteiger partial charge on any atom is 0.0361 e. The third-order valence-corrected chi connectivity index (χ3v) is 27.6. The fraction of sp³-hybridized carbons (Fsp3) is 0.466. The Morgan fingerprint density at radius 3 is 0.608 bits per heavy atom. The topological polar surface area (TPSA) is 13.0 Å². The number of hydrogen-bond donors (Lipinski definition) is 0. The van der Waals surface area contributed by atoms with Crippen LogP contribution >= 0.6 is 0 Å². The summed E-state index contributed by atoms with van der Waals surface area (Å²) in [6, 6.07) is 79.0. The Hall–Kier alpha value is -8.86. The highest BCUT2D eigenvalue weighted by Gasteiger charge is 2.24. The van der Waals surface area contributed by atoms with Crippen molar-refractivity contribution in [3.63, 3.8) is 0 Å². The molecule has 0 bridgehead atoms. The largest absolute Gasteiger partial charge is 0.378 e. The summed E-state index contributed by atoms with van der Waals surface area (Å²) in [7, 11) is 17.3. The van der Waals surface area contributed by atoms with Gasteiger partial charge in [-0.1, -0.05) is 356 Å². The maximum absolute atomic E-state index is 2.65. The second-order valence-electron chi connectivity index (χ2n) is 37.4. The third kappa shape index (κ3) is 22.5. The summed E-state index contributed by atoms with van der Waals surface area (Å²) in [6.45, 7) is 9.32. The van der Waals surface area contributed by atoms with Crippen molar-refractivity contribution < 1.29 is 0 Å². The molecule has 0 aliphatic heterocycles. The van der Waals surface area contributed by atoms with E-state index in [1.807, 2.05) is 0 Å². The molecule has 0 unspecified atom stereocenters. The summed E-state index contributed by atoms with van der Waals surface area (Å²) in [4.78, 5) is 8.92. The van der Waals surface area contributed by atoms with Crippen molar-refractivity contribution in [3.05, 3.63) is 205 Å². The molecule has 0 saturated carbocycles. The van der Waals surface area contributed by atoms with Crippen molar-refractivity contribution in [1.29, 1.82) is 0 Å². The monoisotopic (exact) mass is 1600 g/mol. The highest BCUT2D eigenvalue weighted by Crippen LogP contribution is 2.50. The van der Waals surface area contributed by atoms with E-state index in [1.54, 1.807) is 0 Å². The number of benzene rings is 13. The number of anilines is 4. The van der Waals surface area contributed by atoms with Crippen LogP contribution in [0.4, 0.5) is 22.7 Å². The molecule has 13 aromatic carbocycles. The van der Waals surface area contributed by atoms with Crippen LogP contribution in [0.1, 0.15) is 307 Å². The molecule has 0 aliphatic rings. The molecule has 634 valence electrons. The molecule has 4 nitrogen and oxygen atoms in total. The second kappa shape index (κ2) is 44.8. The molecule has 13 aromatic rings. The summed E-state index contributed by atoms with van der Waals surface area (Å²) in [5.41, 5.74) is 18.0. The van der Waals surface area contributed by atoms with Gasteiger partial charge in [0.05, 0.1) is 0 Å². The Balaban J connectivity index is 0.987. The van der Waals surface area contributed by atoms with E-state index in [-0.39, 0.29) is 0 Å². The van der Waals surface area contributed by atoms with E-state index in [0.29, 0.717) is 11.8 Å². The minimum atomic E-state index is 0.553. The van der Waals surface area contributed by atoms with Gasteiger partial charge in [-0.2, -0.15) is 0 Å². The first-order chi connectivity index (χ1) is 58.7. The van der Waals surface area contributed by atoms with Gasteiger partial charge >= 0.3 is 0 Å². The highest BCUT2D eigenvalue weighted by atomic mass is 15.1. The van der Waals surface area contributed by atoms with Crippen molar-refractivity contribution in [2.75, 3.05) is 76.0 Å². The van der Waals surface area contributed by atoms with Crippen LogP contribution in [0.3, 0.4) is 0 Å². The van der Waals surface area contributed by atoms with E-state index in [4.69, 9.17) is 0 Å². The van der Waals surface area contributed by atoms with Crippen LogP contribution in [0, 0.1) is 0 Å². The number of fused-ring (bicyclic) bond motifs is 13. The Morgan fingerprint density at radius 2 is 0.375 bits per heavy atom. The molecular formula is C116H150N4. The van der Waals surface area contributed by atoms with Crippen LogP contribution < -0.4 is 19.6 Å². The molecule has 13 rings (SSSR count). The lowest BCUT2D eigenvalue weighted by Crippen LogP contribution is -2.07. The fourth-order valence-corrected chi connectivity index (χ4v) is 20.2.